The number of nitrogens with zero attached hydrogens (tertiary/aromatic N) is 6. The number of hydrogen-bond donors (Lipinski definition) is 2. The Balaban J connectivity index is 0.000000406. The van der Waals surface area contributed by atoms with Crippen molar-refractivity contribution >= 4 is 17.5 Å². The molecule has 1 fully saturated rings. The lowest BCUT2D eigenvalue weighted by Gasteiger charge is -2.31. The molecule has 1 aliphatic heterocycles. The summed E-state index contributed by atoms with van der Waals surface area (Å²) in [6, 6.07) is 5.29. The molecule has 3 N–H and O–H groups in total. The topological polar surface area (TPSA) is 132 Å². The van der Waals surface area contributed by atoms with Crippen molar-refractivity contribution in [3.63, 3.8) is 0 Å². The van der Waals surface area contributed by atoms with Gasteiger partial charge in [-0.05, 0) is 37.8 Å². The first-order valence-electron chi connectivity index (χ1n) is 10.3. The third kappa shape index (κ3) is 5.68. The number of piperidine rings is 1. The van der Waals surface area contributed by atoms with Gasteiger partial charge in [0.15, 0.2) is 5.69 Å². The second kappa shape index (κ2) is 10.2. The number of hydrogen-bond acceptors (Lipinski definition) is 6. The van der Waals surface area contributed by atoms with Crippen LogP contribution in [0.25, 0.3) is 5.65 Å². The predicted octanol–water partition coefficient (Wildman–Crippen LogP) is 2.02. The number of nitrogens with two attached hydrogens (primary N) is 1. The minimum Gasteiger partial charge on any atom is -0.475 e. The summed E-state index contributed by atoms with van der Waals surface area (Å²) in [5.41, 5.74) is 7.37. The second-order valence-corrected chi connectivity index (χ2v) is 7.79. The number of halogens is 4. The number of carbonyl (C=O) groups excluding carboxylic acids is 1. The Morgan fingerprint density at radius 1 is 1.24 bits per heavy atom. The normalized spacial score (nSPS) is 14.7. The second-order valence-electron chi connectivity index (χ2n) is 7.79. The van der Waals surface area contributed by atoms with Crippen molar-refractivity contribution in [2.45, 2.75) is 39.0 Å². The number of carbonyl (C=O) groups is 2. The summed E-state index contributed by atoms with van der Waals surface area (Å²) in [5.74, 6) is -3.30. The Morgan fingerprint density at radius 2 is 1.88 bits per heavy atom. The molecule has 0 bridgehead atoms. The third-order valence-corrected chi connectivity index (χ3v) is 5.37. The highest BCUT2D eigenvalue weighted by atomic mass is 19.4. The van der Waals surface area contributed by atoms with E-state index in [2.05, 4.69) is 15.3 Å². The number of rotatable bonds is 4. The number of aliphatic carboxylic acids is 1. The number of pyridine rings is 1. The molecule has 10 nitrogen and oxygen atoms in total. The van der Waals surface area contributed by atoms with Crippen molar-refractivity contribution in [3.05, 3.63) is 47.4 Å². The monoisotopic (exact) mass is 485 g/mol. The number of carboxylic acid groups (broad SMARTS) is 1. The Hall–Kier alpha value is -3.55. The van der Waals surface area contributed by atoms with Crippen molar-refractivity contribution in [2.24, 2.45) is 11.7 Å². The Morgan fingerprint density at radius 3 is 2.41 bits per heavy atom. The summed E-state index contributed by atoms with van der Waals surface area (Å²) in [4.78, 5) is 27.6. The molecule has 0 unspecified atom stereocenters. The van der Waals surface area contributed by atoms with Crippen LogP contribution in [-0.2, 0) is 17.9 Å². The number of aromatic nitrogens is 5. The van der Waals surface area contributed by atoms with Crippen molar-refractivity contribution in [1.29, 1.82) is 0 Å². The molecule has 1 amide bonds. The zero-order chi connectivity index (χ0) is 25.0. The first kappa shape index (κ1) is 25.1. The van der Waals surface area contributed by atoms with Gasteiger partial charge in [0.05, 0.1) is 5.69 Å². The quantitative estimate of drug-likeness (QED) is 0.541. The summed E-state index contributed by atoms with van der Waals surface area (Å²) in [7, 11) is 0. The van der Waals surface area contributed by atoms with Crippen LogP contribution in [0.15, 0.2) is 24.4 Å². The van der Waals surface area contributed by atoms with Gasteiger partial charge in [-0.15, -0.1) is 5.10 Å². The molecule has 1 aliphatic rings. The fourth-order valence-corrected chi connectivity index (χ4v) is 3.60. The maximum absolute atomic E-state index is 14.7. The molecule has 4 heterocycles. The highest BCUT2D eigenvalue weighted by Gasteiger charge is 2.38. The van der Waals surface area contributed by atoms with E-state index in [4.69, 9.17) is 15.6 Å². The molecule has 1 saturated heterocycles. The molecular weight excluding hydrogens is 462 g/mol. The minimum absolute atomic E-state index is 0.105. The van der Waals surface area contributed by atoms with Gasteiger partial charge in [-0.3, -0.25) is 13.9 Å². The molecule has 0 aromatic carbocycles. The van der Waals surface area contributed by atoms with Gasteiger partial charge in [-0.2, -0.15) is 17.6 Å². The number of fused-ring (bicyclic) bond motifs is 1. The lowest BCUT2D eigenvalue weighted by molar-refractivity contribution is -0.192. The van der Waals surface area contributed by atoms with Gasteiger partial charge < -0.3 is 15.7 Å². The molecule has 0 saturated carbocycles. The van der Waals surface area contributed by atoms with Crippen LogP contribution in [0.1, 0.15) is 34.7 Å². The fourth-order valence-electron chi connectivity index (χ4n) is 3.60. The minimum atomic E-state index is -5.08. The van der Waals surface area contributed by atoms with Gasteiger partial charge in [0.2, 0.25) is 5.95 Å². The van der Waals surface area contributed by atoms with E-state index in [1.54, 1.807) is 34.7 Å². The molecule has 3 aromatic rings. The average Bonchev–Trinajstić information content (AvgIpc) is 3.38. The predicted molar refractivity (Wildman–Crippen MR) is 110 cm³/mol. The van der Waals surface area contributed by atoms with Gasteiger partial charge >= 0.3 is 12.1 Å². The van der Waals surface area contributed by atoms with Crippen molar-refractivity contribution in [1.82, 2.24) is 29.3 Å². The molecule has 4 rings (SSSR count). The highest BCUT2D eigenvalue weighted by molar-refractivity contribution is 5.93. The highest BCUT2D eigenvalue weighted by Crippen LogP contribution is 2.22. The van der Waals surface area contributed by atoms with Gasteiger partial charge in [0.25, 0.3) is 5.91 Å². The zero-order valence-electron chi connectivity index (χ0n) is 18.2. The third-order valence-electron chi connectivity index (χ3n) is 5.37. The van der Waals surface area contributed by atoms with Crippen LogP contribution in [0.3, 0.4) is 0 Å². The van der Waals surface area contributed by atoms with Crippen LogP contribution < -0.4 is 5.73 Å². The molecule has 14 heteroatoms. The standard InChI is InChI=1S/C18H22FN7O.C2HF3O2/c1-12-3-2-4-15-21-16(17(19)26(12)15)18(27)24-7-5-13(6-8-24)10-25-11-14(9-20)22-23-25;3-2(4,5)1(6)7/h2-4,11,13H,5-10,20H2,1H3;(H,6,7). The Labute approximate surface area is 191 Å². The van der Waals surface area contributed by atoms with Crippen molar-refractivity contribution in [3.8, 4) is 0 Å². The van der Waals surface area contributed by atoms with E-state index in [0.29, 0.717) is 36.9 Å². The maximum atomic E-state index is 14.7. The van der Waals surface area contributed by atoms with Gasteiger partial charge in [0, 0.05) is 38.1 Å². The summed E-state index contributed by atoms with van der Waals surface area (Å²) < 4.78 is 49.6. The molecule has 0 aliphatic carbocycles. The van der Waals surface area contributed by atoms with Crippen molar-refractivity contribution < 1.29 is 32.3 Å². The summed E-state index contributed by atoms with van der Waals surface area (Å²) >= 11 is 0. The van der Waals surface area contributed by atoms with Crippen LogP contribution >= 0.6 is 0 Å². The van der Waals surface area contributed by atoms with Crippen LogP contribution in [0.5, 0.6) is 0 Å². The number of carboxylic acids is 1. The lowest BCUT2D eigenvalue weighted by atomic mass is 9.96. The molecule has 0 spiro atoms. The Kier molecular flexibility index (Phi) is 7.49. The van der Waals surface area contributed by atoms with E-state index < -0.39 is 18.1 Å². The molecular formula is C20H23F4N7O3. The number of imidazole rings is 1. The molecule has 34 heavy (non-hydrogen) atoms. The van der Waals surface area contributed by atoms with Crippen molar-refractivity contribution in [2.75, 3.05) is 13.1 Å². The van der Waals surface area contributed by atoms with Gasteiger partial charge in [-0.1, -0.05) is 11.3 Å². The number of alkyl halides is 3. The number of aryl methyl sites for hydroxylation is 1. The maximum Gasteiger partial charge on any atom is 0.490 e. The first-order chi connectivity index (χ1) is 16.0. The summed E-state index contributed by atoms with van der Waals surface area (Å²) in [6.45, 7) is 4.06. The van der Waals surface area contributed by atoms with Crippen LogP contribution in [-0.4, -0.2) is 65.5 Å². The fraction of sp³-hybridized carbons (Fsp3) is 0.450. The van der Waals surface area contributed by atoms with Crippen LogP contribution in [0, 0.1) is 18.8 Å². The lowest BCUT2D eigenvalue weighted by Crippen LogP contribution is -2.39. The summed E-state index contributed by atoms with van der Waals surface area (Å²) in [5, 5.41) is 15.2. The van der Waals surface area contributed by atoms with E-state index in [-0.39, 0.29) is 11.6 Å². The SMILES string of the molecule is Cc1cccc2nc(C(=O)N3CCC(Cn4cc(CN)nn4)CC3)c(F)n12.O=C(O)C(F)(F)F. The molecule has 0 atom stereocenters. The molecule has 184 valence electrons. The van der Waals surface area contributed by atoms with E-state index in [9.17, 15) is 22.4 Å². The van der Waals surface area contributed by atoms with E-state index >= 15 is 0 Å². The smallest absolute Gasteiger partial charge is 0.475 e. The Bertz CT molecular complexity index is 1170. The largest absolute Gasteiger partial charge is 0.490 e. The van der Waals surface area contributed by atoms with Gasteiger partial charge in [-0.25, -0.2) is 9.78 Å². The van der Waals surface area contributed by atoms with Gasteiger partial charge in [0.1, 0.15) is 5.65 Å². The first-order valence-corrected chi connectivity index (χ1v) is 10.3. The van der Waals surface area contributed by atoms with Crippen LogP contribution in [0.4, 0.5) is 17.6 Å². The number of likely N-dealkylation sites (tertiary alicyclic amines) is 1. The molecule has 3 aromatic heterocycles. The number of amides is 1. The average molecular weight is 485 g/mol. The van der Waals surface area contributed by atoms with E-state index in [1.807, 2.05) is 6.20 Å². The molecule has 0 radical (unpaired) electrons. The van der Waals surface area contributed by atoms with E-state index in [0.717, 1.165) is 25.1 Å². The van der Waals surface area contributed by atoms with Crippen LogP contribution in [0.2, 0.25) is 0 Å². The summed E-state index contributed by atoms with van der Waals surface area (Å²) in [6.07, 6.45) is -1.57. The zero-order valence-corrected chi connectivity index (χ0v) is 18.2. The van der Waals surface area contributed by atoms with E-state index in [1.165, 1.54) is 4.40 Å².